The molecule has 0 unspecified atom stereocenters. The largest absolute Gasteiger partial charge is 0.345 e. The molecule has 6 heteroatoms. The molecule has 0 aliphatic carbocycles. The molecule has 0 spiro atoms. The Labute approximate surface area is 133 Å². The summed E-state index contributed by atoms with van der Waals surface area (Å²) >= 11 is 1.43. The summed E-state index contributed by atoms with van der Waals surface area (Å²) in [6, 6.07) is 5.69. The summed E-state index contributed by atoms with van der Waals surface area (Å²) in [4.78, 5) is 4.50. The van der Waals surface area contributed by atoms with Gasteiger partial charge in [-0.3, -0.25) is 0 Å². The standard InChI is InChI=1S/C16H15N5S/c1-4-5-21-11(2)6-14(12(21)3)15-10-22-16(20-15)19-9-13(7-17)8-18/h4,6,9-10H,1,5H2,2-3H3,(H,19,20). The fourth-order valence-electron chi connectivity index (χ4n) is 2.16. The topological polar surface area (TPSA) is 77.4 Å². The lowest BCUT2D eigenvalue weighted by Gasteiger charge is -2.05. The second-order valence-corrected chi connectivity index (χ2v) is 5.51. The molecule has 0 saturated heterocycles. The van der Waals surface area contributed by atoms with Gasteiger partial charge in [-0.25, -0.2) is 4.98 Å². The van der Waals surface area contributed by atoms with Gasteiger partial charge in [-0.05, 0) is 19.9 Å². The molecule has 0 saturated carbocycles. The van der Waals surface area contributed by atoms with E-state index in [4.69, 9.17) is 10.5 Å². The fourth-order valence-corrected chi connectivity index (χ4v) is 2.84. The van der Waals surface area contributed by atoms with Crippen LogP contribution in [0.4, 0.5) is 5.13 Å². The first kappa shape index (κ1) is 15.6. The molecule has 0 aliphatic heterocycles. The molecule has 22 heavy (non-hydrogen) atoms. The van der Waals surface area contributed by atoms with Crippen LogP contribution in [0.1, 0.15) is 11.4 Å². The lowest BCUT2D eigenvalue weighted by molar-refractivity contribution is 0.770. The van der Waals surface area contributed by atoms with Crippen molar-refractivity contribution in [1.29, 1.82) is 10.5 Å². The molecule has 0 fully saturated rings. The summed E-state index contributed by atoms with van der Waals surface area (Å²) in [5, 5.41) is 22.9. The maximum absolute atomic E-state index is 8.70. The summed E-state index contributed by atoms with van der Waals surface area (Å²) in [6.45, 7) is 8.66. The number of hydrogen-bond acceptors (Lipinski definition) is 5. The lowest BCUT2D eigenvalue weighted by atomic mass is 10.2. The molecule has 110 valence electrons. The summed E-state index contributed by atoms with van der Waals surface area (Å²) in [6.07, 6.45) is 3.23. The normalized spacial score (nSPS) is 9.64. The average Bonchev–Trinajstić information content (AvgIpc) is 3.08. The summed E-state index contributed by atoms with van der Waals surface area (Å²) in [7, 11) is 0. The van der Waals surface area contributed by atoms with Gasteiger partial charge in [-0.1, -0.05) is 6.08 Å². The van der Waals surface area contributed by atoms with E-state index in [-0.39, 0.29) is 5.57 Å². The van der Waals surface area contributed by atoms with Crippen molar-refractivity contribution in [3.63, 3.8) is 0 Å². The van der Waals surface area contributed by atoms with Crippen LogP contribution >= 0.6 is 11.3 Å². The second kappa shape index (κ2) is 6.75. The van der Waals surface area contributed by atoms with E-state index in [2.05, 4.69) is 41.4 Å². The van der Waals surface area contributed by atoms with Crippen molar-refractivity contribution in [1.82, 2.24) is 9.55 Å². The second-order valence-electron chi connectivity index (χ2n) is 4.65. The first-order chi connectivity index (χ1) is 10.6. The zero-order valence-electron chi connectivity index (χ0n) is 12.4. The Balaban J connectivity index is 2.28. The number of nitrogens with one attached hydrogen (secondary N) is 1. The maximum atomic E-state index is 8.70. The van der Waals surface area contributed by atoms with E-state index in [9.17, 15) is 0 Å². The number of nitrogens with zero attached hydrogens (tertiary/aromatic N) is 4. The molecule has 1 N–H and O–H groups in total. The molecule has 0 aromatic carbocycles. The van der Waals surface area contributed by atoms with Crippen molar-refractivity contribution in [2.45, 2.75) is 20.4 Å². The van der Waals surface area contributed by atoms with E-state index >= 15 is 0 Å². The average molecular weight is 309 g/mol. The highest BCUT2D eigenvalue weighted by Crippen LogP contribution is 2.30. The minimum Gasteiger partial charge on any atom is -0.345 e. The van der Waals surface area contributed by atoms with Gasteiger partial charge in [0.15, 0.2) is 5.13 Å². The third-order valence-corrected chi connectivity index (χ3v) is 4.02. The van der Waals surface area contributed by atoms with Gasteiger partial charge in [0.1, 0.15) is 17.7 Å². The number of allylic oxidation sites excluding steroid dienone is 2. The van der Waals surface area contributed by atoms with Gasteiger partial charge in [0.2, 0.25) is 0 Å². The zero-order valence-corrected chi connectivity index (χ0v) is 13.2. The van der Waals surface area contributed by atoms with Crippen LogP contribution in [0.3, 0.4) is 0 Å². The number of aromatic nitrogens is 2. The minimum atomic E-state index is 0.0147. The van der Waals surface area contributed by atoms with Gasteiger partial charge in [-0.15, -0.1) is 17.9 Å². The number of nitriles is 2. The van der Waals surface area contributed by atoms with Crippen LogP contribution in [0.2, 0.25) is 0 Å². The highest BCUT2D eigenvalue weighted by molar-refractivity contribution is 7.14. The van der Waals surface area contributed by atoms with Gasteiger partial charge < -0.3 is 9.88 Å². The molecule has 0 atom stereocenters. The Kier molecular flexibility index (Phi) is 4.77. The highest BCUT2D eigenvalue weighted by atomic mass is 32.1. The first-order valence-corrected chi connectivity index (χ1v) is 7.49. The van der Waals surface area contributed by atoms with Crippen LogP contribution in [0.15, 0.2) is 35.9 Å². The number of rotatable bonds is 5. The molecular formula is C16H15N5S. The Hall–Kier alpha value is -2.83. The van der Waals surface area contributed by atoms with E-state index in [0.29, 0.717) is 5.13 Å². The monoisotopic (exact) mass is 309 g/mol. The molecule has 5 nitrogen and oxygen atoms in total. The molecule has 2 aromatic heterocycles. The highest BCUT2D eigenvalue weighted by Gasteiger charge is 2.12. The van der Waals surface area contributed by atoms with Crippen LogP contribution in [0.25, 0.3) is 11.3 Å². The predicted molar refractivity (Wildman–Crippen MR) is 88.1 cm³/mol. The smallest absolute Gasteiger partial charge is 0.187 e. The van der Waals surface area contributed by atoms with E-state index < -0.39 is 0 Å². The van der Waals surface area contributed by atoms with E-state index in [0.717, 1.165) is 29.2 Å². The Bertz CT molecular complexity index is 795. The third-order valence-electron chi connectivity index (χ3n) is 3.25. The van der Waals surface area contributed by atoms with Crippen LogP contribution < -0.4 is 5.32 Å². The van der Waals surface area contributed by atoms with Crippen LogP contribution in [0, 0.1) is 36.5 Å². The molecule has 2 heterocycles. The Morgan fingerprint density at radius 3 is 2.82 bits per heavy atom. The molecule has 0 radical (unpaired) electrons. The van der Waals surface area contributed by atoms with E-state index in [1.165, 1.54) is 17.5 Å². The van der Waals surface area contributed by atoms with Crippen LogP contribution in [0.5, 0.6) is 0 Å². The number of thiazole rings is 1. The van der Waals surface area contributed by atoms with Gasteiger partial charge in [0, 0.05) is 35.1 Å². The van der Waals surface area contributed by atoms with Crippen LogP contribution in [-0.4, -0.2) is 9.55 Å². The van der Waals surface area contributed by atoms with Crippen LogP contribution in [-0.2, 0) is 6.54 Å². The van der Waals surface area contributed by atoms with Crippen molar-refractivity contribution in [3.8, 4) is 23.4 Å². The first-order valence-electron chi connectivity index (χ1n) is 6.61. The molecule has 0 bridgehead atoms. The van der Waals surface area contributed by atoms with Crippen molar-refractivity contribution < 1.29 is 0 Å². The van der Waals surface area contributed by atoms with Gasteiger partial charge in [-0.2, -0.15) is 10.5 Å². The fraction of sp³-hybridized carbons (Fsp3) is 0.188. The number of aryl methyl sites for hydroxylation is 1. The maximum Gasteiger partial charge on any atom is 0.187 e. The quantitative estimate of drug-likeness (QED) is 0.674. The van der Waals surface area contributed by atoms with Gasteiger partial charge in [0.05, 0.1) is 5.69 Å². The number of hydrogen-bond donors (Lipinski definition) is 1. The lowest BCUT2D eigenvalue weighted by Crippen LogP contribution is -1.99. The zero-order chi connectivity index (χ0) is 16.1. The van der Waals surface area contributed by atoms with Crippen molar-refractivity contribution in [2.24, 2.45) is 0 Å². The van der Waals surface area contributed by atoms with Gasteiger partial charge in [0.25, 0.3) is 0 Å². The molecule has 2 rings (SSSR count). The predicted octanol–water partition coefficient (Wildman–Crippen LogP) is 3.76. The third kappa shape index (κ3) is 3.08. The molecular weight excluding hydrogens is 294 g/mol. The Morgan fingerprint density at radius 1 is 1.45 bits per heavy atom. The summed E-state index contributed by atoms with van der Waals surface area (Å²) in [5.74, 6) is 0. The molecule has 0 aliphatic rings. The Morgan fingerprint density at radius 2 is 2.18 bits per heavy atom. The van der Waals surface area contributed by atoms with Crippen molar-refractivity contribution >= 4 is 16.5 Å². The molecule has 0 amide bonds. The van der Waals surface area contributed by atoms with Crippen molar-refractivity contribution in [3.05, 3.63) is 47.3 Å². The summed E-state index contributed by atoms with van der Waals surface area (Å²) in [5.41, 5.74) is 4.26. The van der Waals surface area contributed by atoms with Gasteiger partial charge >= 0.3 is 0 Å². The molecule has 2 aromatic rings. The van der Waals surface area contributed by atoms with E-state index in [1.807, 2.05) is 11.5 Å². The van der Waals surface area contributed by atoms with E-state index in [1.54, 1.807) is 12.1 Å². The summed E-state index contributed by atoms with van der Waals surface area (Å²) < 4.78 is 2.18. The number of anilines is 1. The SMILES string of the molecule is C=CCn1c(C)cc(-c2csc(NC=C(C#N)C#N)n2)c1C. The van der Waals surface area contributed by atoms with Crippen molar-refractivity contribution in [2.75, 3.05) is 5.32 Å². The minimum absolute atomic E-state index is 0.0147.